The number of carbonyl (C=O) groups is 2. The van der Waals surface area contributed by atoms with E-state index in [2.05, 4.69) is 5.32 Å². The first-order chi connectivity index (χ1) is 11.1. The summed E-state index contributed by atoms with van der Waals surface area (Å²) < 4.78 is 5.28. The van der Waals surface area contributed by atoms with Crippen LogP contribution in [0.2, 0.25) is 0 Å². The molecule has 0 spiro atoms. The maximum Gasteiger partial charge on any atom is 0.306 e. The van der Waals surface area contributed by atoms with Gasteiger partial charge in [0.1, 0.15) is 5.75 Å². The van der Waals surface area contributed by atoms with Crippen molar-refractivity contribution in [3.05, 3.63) is 65.7 Å². The maximum absolute atomic E-state index is 12.0. The summed E-state index contributed by atoms with van der Waals surface area (Å²) in [4.78, 5) is 22.4. The zero-order valence-corrected chi connectivity index (χ0v) is 12.7. The minimum atomic E-state index is -0.903. The molecule has 0 unspecified atom stereocenters. The Hall–Kier alpha value is -2.82. The van der Waals surface area contributed by atoms with Crippen molar-refractivity contribution in [1.82, 2.24) is 5.32 Å². The van der Waals surface area contributed by atoms with Crippen molar-refractivity contribution < 1.29 is 19.4 Å². The lowest BCUT2D eigenvalue weighted by molar-refractivity contribution is -0.137. The number of amides is 1. The van der Waals surface area contributed by atoms with E-state index in [1.165, 1.54) is 5.56 Å². The van der Waals surface area contributed by atoms with Crippen molar-refractivity contribution in [2.75, 3.05) is 13.2 Å². The van der Waals surface area contributed by atoms with Crippen LogP contribution in [0.3, 0.4) is 0 Å². The lowest BCUT2D eigenvalue weighted by Gasteiger charge is -2.07. The molecule has 0 aliphatic carbocycles. The molecule has 2 aromatic rings. The first kappa shape index (κ1) is 16.5. The van der Waals surface area contributed by atoms with E-state index in [1.54, 1.807) is 24.3 Å². The Morgan fingerprint density at radius 3 is 2.35 bits per heavy atom. The highest BCUT2D eigenvalue weighted by molar-refractivity contribution is 5.94. The number of hydrogen-bond donors (Lipinski definition) is 2. The van der Waals surface area contributed by atoms with Crippen LogP contribution in [-0.4, -0.2) is 30.1 Å². The van der Waals surface area contributed by atoms with Crippen LogP contribution in [0.5, 0.6) is 5.75 Å². The SMILES string of the molecule is O=C(O)CCOc1ccc(C(=O)NCCc2ccccc2)cc1. The molecule has 0 saturated carbocycles. The van der Waals surface area contributed by atoms with Gasteiger partial charge in [-0.1, -0.05) is 30.3 Å². The molecule has 0 saturated heterocycles. The molecule has 0 aromatic heterocycles. The second-order valence-electron chi connectivity index (χ2n) is 5.01. The monoisotopic (exact) mass is 313 g/mol. The van der Waals surface area contributed by atoms with E-state index in [0.29, 0.717) is 17.9 Å². The molecule has 5 nitrogen and oxygen atoms in total. The molecule has 0 aliphatic heterocycles. The Labute approximate surface area is 134 Å². The summed E-state index contributed by atoms with van der Waals surface area (Å²) >= 11 is 0. The lowest BCUT2D eigenvalue weighted by Crippen LogP contribution is -2.25. The third-order valence-corrected chi connectivity index (χ3v) is 3.24. The number of nitrogens with one attached hydrogen (secondary N) is 1. The van der Waals surface area contributed by atoms with Crippen molar-refractivity contribution in [2.24, 2.45) is 0 Å². The molecule has 5 heteroatoms. The molecular weight excluding hydrogens is 294 g/mol. The highest BCUT2D eigenvalue weighted by Gasteiger charge is 2.05. The van der Waals surface area contributed by atoms with E-state index in [1.807, 2.05) is 30.3 Å². The van der Waals surface area contributed by atoms with Crippen LogP contribution >= 0.6 is 0 Å². The summed E-state index contributed by atoms with van der Waals surface area (Å²) in [6.07, 6.45) is 0.727. The number of rotatable bonds is 8. The second-order valence-corrected chi connectivity index (χ2v) is 5.01. The highest BCUT2D eigenvalue weighted by atomic mass is 16.5. The van der Waals surface area contributed by atoms with E-state index < -0.39 is 5.97 Å². The minimum Gasteiger partial charge on any atom is -0.493 e. The molecule has 0 radical (unpaired) electrons. The number of carbonyl (C=O) groups excluding carboxylic acids is 1. The third-order valence-electron chi connectivity index (χ3n) is 3.24. The summed E-state index contributed by atoms with van der Waals surface area (Å²) in [6.45, 7) is 0.678. The van der Waals surface area contributed by atoms with Gasteiger partial charge in [-0.15, -0.1) is 0 Å². The molecule has 23 heavy (non-hydrogen) atoms. The van der Waals surface area contributed by atoms with Gasteiger partial charge in [-0.05, 0) is 36.2 Å². The molecule has 0 heterocycles. The number of carboxylic acids is 1. The number of ether oxygens (including phenoxy) is 1. The molecule has 2 aromatic carbocycles. The largest absolute Gasteiger partial charge is 0.493 e. The van der Waals surface area contributed by atoms with Gasteiger partial charge in [-0.2, -0.15) is 0 Å². The molecule has 0 aliphatic rings. The average Bonchev–Trinajstić information content (AvgIpc) is 2.56. The summed E-state index contributed by atoms with van der Waals surface area (Å²) in [7, 11) is 0. The van der Waals surface area contributed by atoms with Gasteiger partial charge in [0.05, 0.1) is 13.0 Å². The summed E-state index contributed by atoms with van der Waals surface area (Å²) in [5.74, 6) is -0.496. The molecule has 120 valence electrons. The number of aliphatic carboxylic acids is 1. The van der Waals surface area contributed by atoms with E-state index in [9.17, 15) is 9.59 Å². The van der Waals surface area contributed by atoms with Crippen molar-refractivity contribution in [3.8, 4) is 5.75 Å². The van der Waals surface area contributed by atoms with E-state index >= 15 is 0 Å². The van der Waals surface area contributed by atoms with Gasteiger partial charge in [0.2, 0.25) is 0 Å². The van der Waals surface area contributed by atoms with Crippen LogP contribution in [0.25, 0.3) is 0 Å². The van der Waals surface area contributed by atoms with Crippen LogP contribution in [-0.2, 0) is 11.2 Å². The van der Waals surface area contributed by atoms with Crippen molar-refractivity contribution in [1.29, 1.82) is 0 Å². The Balaban J connectivity index is 1.77. The first-order valence-corrected chi connectivity index (χ1v) is 7.42. The van der Waals surface area contributed by atoms with E-state index in [0.717, 1.165) is 6.42 Å². The topological polar surface area (TPSA) is 75.6 Å². The summed E-state index contributed by atoms with van der Waals surface area (Å²) in [6, 6.07) is 16.6. The normalized spacial score (nSPS) is 10.1. The van der Waals surface area contributed by atoms with Gasteiger partial charge in [-0.3, -0.25) is 9.59 Å². The fourth-order valence-corrected chi connectivity index (χ4v) is 2.03. The van der Waals surface area contributed by atoms with Crippen molar-refractivity contribution in [2.45, 2.75) is 12.8 Å². The Morgan fingerprint density at radius 2 is 1.70 bits per heavy atom. The van der Waals surface area contributed by atoms with Crippen molar-refractivity contribution in [3.63, 3.8) is 0 Å². The van der Waals surface area contributed by atoms with Crippen molar-refractivity contribution >= 4 is 11.9 Å². The predicted molar refractivity (Wildman–Crippen MR) is 86.7 cm³/mol. The first-order valence-electron chi connectivity index (χ1n) is 7.42. The number of benzene rings is 2. The van der Waals surface area contributed by atoms with Gasteiger partial charge in [0.15, 0.2) is 0 Å². The molecule has 1 amide bonds. The van der Waals surface area contributed by atoms with Gasteiger partial charge < -0.3 is 15.2 Å². The Bertz CT molecular complexity index is 638. The van der Waals surface area contributed by atoms with Gasteiger partial charge >= 0.3 is 5.97 Å². The average molecular weight is 313 g/mol. The fraction of sp³-hybridized carbons (Fsp3) is 0.222. The van der Waals surface area contributed by atoms with Gasteiger partial charge in [0.25, 0.3) is 5.91 Å². The van der Waals surface area contributed by atoms with Crippen LogP contribution in [0.15, 0.2) is 54.6 Å². The smallest absolute Gasteiger partial charge is 0.306 e. The quantitative estimate of drug-likeness (QED) is 0.785. The fourth-order valence-electron chi connectivity index (χ4n) is 2.03. The molecule has 2 rings (SSSR count). The maximum atomic E-state index is 12.0. The van der Waals surface area contributed by atoms with Crippen LogP contribution in [0, 0.1) is 0 Å². The number of hydrogen-bond acceptors (Lipinski definition) is 3. The Morgan fingerprint density at radius 1 is 1.00 bits per heavy atom. The molecule has 2 N–H and O–H groups in total. The zero-order chi connectivity index (χ0) is 16.5. The van der Waals surface area contributed by atoms with E-state index in [-0.39, 0.29) is 18.9 Å². The minimum absolute atomic E-state index is 0.0538. The lowest BCUT2D eigenvalue weighted by atomic mass is 10.1. The van der Waals surface area contributed by atoms with E-state index in [4.69, 9.17) is 9.84 Å². The predicted octanol–water partition coefficient (Wildman–Crippen LogP) is 2.51. The van der Waals surface area contributed by atoms with Gasteiger partial charge in [0, 0.05) is 12.1 Å². The molecule has 0 atom stereocenters. The van der Waals surface area contributed by atoms with Crippen LogP contribution in [0.1, 0.15) is 22.3 Å². The number of carboxylic acid groups (broad SMARTS) is 1. The molecule has 0 bridgehead atoms. The van der Waals surface area contributed by atoms with Crippen LogP contribution in [0.4, 0.5) is 0 Å². The molecule has 0 fully saturated rings. The molecular formula is C18H19NO4. The van der Waals surface area contributed by atoms with Gasteiger partial charge in [-0.25, -0.2) is 0 Å². The highest BCUT2D eigenvalue weighted by Crippen LogP contribution is 2.12. The summed E-state index contributed by atoms with van der Waals surface area (Å²) in [5, 5.41) is 11.4. The standard InChI is InChI=1S/C18H19NO4/c20-17(21)11-13-23-16-8-6-15(7-9-16)18(22)19-12-10-14-4-2-1-3-5-14/h1-9H,10-13H2,(H,19,22)(H,20,21). The third kappa shape index (κ3) is 5.82. The summed E-state index contributed by atoms with van der Waals surface area (Å²) in [5.41, 5.74) is 1.72. The van der Waals surface area contributed by atoms with Crippen LogP contribution < -0.4 is 10.1 Å². The Kier molecular flexibility index (Phi) is 6.17. The zero-order valence-electron chi connectivity index (χ0n) is 12.7. The second kappa shape index (κ2) is 8.58.